The summed E-state index contributed by atoms with van der Waals surface area (Å²) in [6.45, 7) is 16.5. The van der Waals surface area contributed by atoms with Crippen LogP contribution >= 0.6 is 0 Å². The summed E-state index contributed by atoms with van der Waals surface area (Å²) < 4.78 is 5.67. The Morgan fingerprint density at radius 2 is 1.78 bits per heavy atom. The average molecular weight is 250 g/mol. The lowest BCUT2D eigenvalue weighted by atomic mass is 10.0. The Hall–Kier alpha value is -0.830. The maximum atomic E-state index is 5.67. The van der Waals surface area contributed by atoms with Crippen molar-refractivity contribution < 1.29 is 4.42 Å². The average Bonchev–Trinajstić information content (AvgIpc) is 2.55. The molecule has 0 bridgehead atoms. The molecule has 1 saturated carbocycles. The minimum atomic E-state index is 0.102. The Morgan fingerprint density at radius 1 is 1.22 bits per heavy atom. The monoisotopic (exact) mass is 250 g/mol. The van der Waals surface area contributed by atoms with E-state index in [0.29, 0.717) is 16.7 Å². The second-order valence-electron chi connectivity index (χ2n) is 7.64. The fourth-order valence-corrected chi connectivity index (χ4v) is 2.85. The predicted octanol–water partition coefficient (Wildman–Crippen LogP) is 3.71. The molecule has 0 saturated heterocycles. The molecule has 1 aliphatic rings. The summed E-state index contributed by atoms with van der Waals surface area (Å²) >= 11 is 0. The zero-order valence-corrected chi connectivity index (χ0v) is 12.7. The highest BCUT2D eigenvalue weighted by molar-refractivity contribution is 5.31. The summed E-state index contributed by atoms with van der Waals surface area (Å²) in [6, 6.07) is 0. The third-order valence-electron chi connectivity index (χ3n) is 4.74. The first kappa shape index (κ1) is 13.6. The number of aromatic nitrogens is 1. The third-order valence-corrected chi connectivity index (χ3v) is 4.74. The van der Waals surface area contributed by atoms with E-state index in [0.717, 1.165) is 18.0 Å². The Labute approximate surface area is 110 Å². The first-order valence-corrected chi connectivity index (χ1v) is 6.74. The van der Waals surface area contributed by atoms with Crippen molar-refractivity contribution in [2.75, 3.05) is 0 Å². The normalized spacial score (nSPS) is 22.2. The molecule has 2 rings (SSSR count). The molecule has 102 valence electrons. The molecule has 1 fully saturated rings. The first-order valence-electron chi connectivity index (χ1n) is 6.74. The van der Waals surface area contributed by atoms with Gasteiger partial charge in [-0.2, -0.15) is 0 Å². The van der Waals surface area contributed by atoms with Crippen LogP contribution in [-0.2, 0) is 6.54 Å². The molecule has 3 heteroatoms. The van der Waals surface area contributed by atoms with E-state index in [9.17, 15) is 0 Å². The van der Waals surface area contributed by atoms with Crippen LogP contribution in [0.15, 0.2) is 10.8 Å². The highest BCUT2D eigenvalue weighted by Crippen LogP contribution is 2.73. The van der Waals surface area contributed by atoms with Crippen molar-refractivity contribution in [2.45, 2.75) is 66.5 Å². The molecule has 1 aromatic heterocycles. The van der Waals surface area contributed by atoms with Crippen molar-refractivity contribution in [3.63, 3.8) is 0 Å². The predicted molar refractivity (Wildman–Crippen MR) is 73.4 cm³/mol. The molecule has 0 radical (unpaired) electrons. The number of rotatable bonds is 3. The Bertz CT molecular complexity index is 424. The second kappa shape index (κ2) is 3.83. The van der Waals surface area contributed by atoms with Crippen molar-refractivity contribution in [1.82, 2.24) is 10.3 Å². The number of nitrogens with one attached hydrogen (secondary N) is 1. The van der Waals surface area contributed by atoms with Crippen molar-refractivity contribution >= 4 is 0 Å². The number of nitrogens with zero attached hydrogens (tertiary/aromatic N) is 1. The zero-order valence-electron chi connectivity index (χ0n) is 12.7. The SMILES string of the molecule is CC(C)(C)NCc1ncoc1C1C(C)(C)C1(C)C. The van der Waals surface area contributed by atoms with Crippen LogP contribution in [0.1, 0.15) is 65.8 Å². The van der Waals surface area contributed by atoms with E-state index >= 15 is 0 Å². The Morgan fingerprint density at radius 3 is 2.22 bits per heavy atom. The van der Waals surface area contributed by atoms with Crippen LogP contribution < -0.4 is 5.32 Å². The molecule has 1 N–H and O–H groups in total. The molecule has 0 spiro atoms. The van der Waals surface area contributed by atoms with Gasteiger partial charge in [0, 0.05) is 18.0 Å². The summed E-state index contributed by atoms with van der Waals surface area (Å²) in [5.74, 6) is 1.55. The molecule has 0 atom stereocenters. The number of hydrogen-bond donors (Lipinski definition) is 1. The van der Waals surface area contributed by atoms with Gasteiger partial charge in [0.25, 0.3) is 0 Å². The van der Waals surface area contributed by atoms with E-state index < -0.39 is 0 Å². The van der Waals surface area contributed by atoms with E-state index in [4.69, 9.17) is 4.42 Å². The third kappa shape index (κ3) is 2.09. The van der Waals surface area contributed by atoms with E-state index in [1.165, 1.54) is 0 Å². The van der Waals surface area contributed by atoms with Gasteiger partial charge in [0.05, 0.1) is 5.69 Å². The van der Waals surface area contributed by atoms with Crippen LogP contribution in [0, 0.1) is 10.8 Å². The van der Waals surface area contributed by atoms with Crippen LogP contribution in [0.5, 0.6) is 0 Å². The van der Waals surface area contributed by atoms with Gasteiger partial charge in [-0.05, 0) is 31.6 Å². The van der Waals surface area contributed by atoms with Crippen LogP contribution in [0.4, 0.5) is 0 Å². The topological polar surface area (TPSA) is 38.1 Å². The molecule has 3 nitrogen and oxygen atoms in total. The molecule has 18 heavy (non-hydrogen) atoms. The number of oxazole rings is 1. The molecule has 0 aliphatic heterocycles. The van der Waals surface area contributed by atoms with Gasteiger partial charge in [-0.25, -0.2) is 4.98 Å². The van der Waals surface area contributed by atoms with Gasteiger partial charge in [0.2, 0.25) is 0 Å². The minimum Gasteiger partial charge on any atom is -0.448 e. The fourth-order valence-electron chi connectivity index (χ4n) is 2.85. The van der Waals surface area contributed by atoms with Crippen molar-refractivity contribution in [1.29, 1.82) is 0 Å². The smallest absolute Gasteiger partial charge is 0.181 e. The second-order valence-corrected chi connectivity index (χ2v) is 7.64. The van der Waals surface area contributed by atoms with Crippen LogP contribution in [-0.4, -0.2) is 10.5 Å². The summed E-state index contributed by atoms with van der Waals surface area (Å²) in [5, 5.41) is 3.48. The van der Waals surface area contributed by atoms with Crippen molar-refractivity contribution in [3.8, 4) is 0 Å². The molecule has 0 amide bonds. The van der Waals surface area contributed by atoms with Gasteiger partial charge >= 0.3 is 0 Å². The van der Waals surface area contributed by atoms with E-state index in [-0.39, 0.29) is 5.54 Å². The minimum absolute atomic E-state index is 0.102. The van der Waals surface area contributed by atoms with Gasteiger partial charge in [-0.3, -0.25) is 0 Å². The van der Waals surface area contributed by atoms with E-state index in [2.05, 4.69) is 58.8 Å². The van der Waals surface area contributed by atoms with Gasteiger partial charge in [0.1, 0.15) is 5.76 Å². The maximum Gasteiger partial charge on any atom is 0.181 e. The maximum absolute atomic E-state index is 5.67. The summed E-state index contributed by atoms with van der Waals surface area (Å²) in [6.07, 6.45) is 1.58. The fraction of sp³-hybridized carbons (Fsp3) is 0.800. The Balaban J connectivity index is 2.16. The highest BCUT2D eigenvalue weighted by atomic mass is 16.3. The van der Waals surface area contributed by atoms with Gasteiger partial charge in [-0.15, -0.1) is 0 Å². The van der Waals surface area contributed by atoms with Crippen LogP contribution in [0.2, 0.25) is 0 Å². The van der Waals surface area contributed by atoms with Gasteiger partial charge in [-0.1, -0.05) is 27.7 Å². The molecular formula is C15H26N2O. The molecule has 1 aliphatic carbocycles. The van der Waals surface area contributed by atoms with E-state index in [1.54, 1.807) is 6.39 Å². The van der Waals surface area contributed by atoms with Crippen molar-refractivity contribution in [2.24, 2.45) is 10.8 Å². The van der Waals surface area contributed by atoms with Crippen molar-refractivity contribution in [3.05, 3.63) is 17.8 Å². The van der Waals surface area contributed by atoms with Gasteiger partial charge < -0.3 is 9.73 Å². The van der Waals surface area contributed by atoms with Crippen LogP contribution in [0.25, 0.3) is 0 Å². The lowest BCUT2D eigenvalue weighted by molar-refractivity contribution is 0.415. The molecule has 1 heterocycles. The molecule has 0 unspecified atom stereocenters. The standard InChI is InChI=1S/C15H26N2O/c1-13(2,3)17-8-10-11(18-9-16-10)12-14(4,5)15(12,6)7/h9,12,17H,8H2,1-7H3. The molecule has 0 aromatic carbocycles. The zero-order chi connectivity index (χ0) is 13.8. The summed E-state index contributed by atoms with van der Waals surface area (Å²) in [4.78, 5) is 4.38. The molecular weight excluding hydrogens is 224 g/mol. The lowest BCUT2D eigenvalue weighted by Crippen LogP contribution is -2.35. The van der Waals surface area contributed by atoms with Crippen LogP contribution in [0.3, 0.4) is 0 Å². The quantitative estimate of drug-likeness (QED) is 0.888. The highest BCUT2D eigenvalue weighted by Gasteiger charge is 2.67. The summed E-state index contributed by atoms with van der Waals surface area (Å²) in [5.41, 5.74) is 1.75. The first-order chi connectivity index (χ1) is 8.07. The van der Waals surface area contributed by atoms with E-state index in [1.807, 2.05) is 0 Å². The Kier molecular flexibility index (Phi) is 2.89. The number of hydrogen-bond acceptors (Lipinski definition) is 3. The van der Waals surface area contributed by atoms with Gasteiger partial charge in [0.15, 0.2) is 6.39 Å². The summed E-state index contributed by atoms with van der Waals surface area (Å²) in [7, 11) is 0. The largest absolute Gasteiger partial charge is 0.448 e. The lowest BCUT2D eigenvalue weighted by Gasteiger charge is -2.20. The molecule has 1 aromatic rings.